The van der Waals surface area contributed by atoms with Crippen LogP contribution in [0.15, 0.2) is 34.9 Å². The van der Waals surface area contributed by atoms with Gasteiger partial charge in [0, 0.05) is 50.5 Å². The quantitative estimate of drug-likeness (QED) is 0.862. The number of aryl methyl sites for hydroxylation is 1. The minimum absolute atomic E-state index is 0.0882. The van der Waals surface area contributed by atoms with Gasteiger partial charge in [0.1, 0.15) is 12.3 Å². The summed E-state index contributed by atoms with van der Waals surface area (Å²) in [6.45, 7) is 7.12. The van der Waals surface area contributed by atoms with Crippen molar-refractivity contribution in [3.8, 4) is 0 Å². The fraction of sp³-hybridized carbons (Fsp3) is 0.421. The molecule has 27 heavy (non-hydrogen) atoms. The Morgan fingerprint density at radius 2 is 1.85 bits per heavy atom. The van der Waals surface area contributed by atoms with Gasteiger partial charge < -0.3 is 24.5 Å². The highest BCUT2D eigenvalue weighted by Crippen LogP contribution is 2.22. The van der Waals surface area contributed by atoms with E-state index in [2.05, 4.69) is 27.3 Å². The summed E-state index contributed by atoms with van der Waals surface area (Å²) < 4.78 is 4.93. The summed E-state index contributed by atoms with van der Waals surface area (Å²) in [6.07, 6.45) is 0. The molecule has 1 aromatic carbocycles. The van der Waals surface area contributed by atoms with Gasteiger partial charge in [-0.25, -0.2) is 0 Å². The monoisotopic (exact) mass is 371 g/mol. The van der Waals surface area contributed by atoms with E-state index in [0.717, 1.165) is 31.9 Å². The fourth-order valence-electron chi connectivity index (χ4n) is 3.04. The summed E-state index contributed by atoms with van der Waals surface area (Å²) in [5, 5.41) is 6.36. The molecule has 144 valence electrons. The molecule has 2 heterocycles. The van der Waals surface area contributed by atoms with Gasteiger partial charge in [-0.05, 0) is 38.2 Å². The topological polar surface area (TPSA) is 81.9 Å². The van der Waals surface area contributed by atoms with Crippen molar-refractivity contribution in [3.05, 3.63) is 36.1 Å². The SMILES string of the molecule is CC(=O)N(CC(=O)Nc1cc(C)on1)c1ccc(N2CCN(C)CC2)cc1. The lowest BCUT2D eigenvalue weighted by Gasteiger charge is -2.34. The van der Waals surface area contributed by atoms with Crippen molar-refractivity contribution in [3.63, 3.8) is 0 Å². The van der Waals surface area contributed by atoms with Crippen molar-refractivity contribution in [2.75, 3.05) is 54.9 Å². The maximum atomic E-state index is 12.3. The van der Waals surface area contributed by atoms with E-state index < -0.39 is 0 Å². The molecule has 0 atom stereocenters. The van der Waals surface area contributed by atoms with Crippen molar-refractivity contribution in [1.82, 2.24) is 10.1 Å². The minimum atomic E-state index is -0.332. The molecule has 8 heteroatoms. The molecule has 1 N–H and O–H groups in total. The molecule has 0 spiro atoms. The normalized spacial score (nSPS) is 14.9. The largest absolute Gasteiger partial charge is 0.369 e. The van der Waals surface area contributed by atoms with Crippen LogP contribution in [-0.4, -0.2) is 61.6 Å². The maximum absolute atomic E-state index is 12.3. The first-order chi connectivity index (χ1) is 12.9. The maximum Gasteiger partial charge on any atom is 0.245 e. The van der Waals surface area contributed by atoms with Crippen LogP contribution in [0, 0.1) is 6.92 Å². The van der Waals surface area contributed by atoms with E-state index in [1.807, 2.05) is 24.3 Å². The highest BCUT2D eigenvalue weighted by molar-refractivity contribution is 6.01. The number of aromatic nitrogens is 1. The molecule has 1 fully saturated rings. The Hall–Kier alpha value is -2.87. The lowest BCUT2D eigenvalue weighted by Crippen LogP contribution is -2.44. The summed E-state index contributed by atoms with van der Waals surface area (Å²) in [7, 11) is 2.12. The first-order valence-electron chi connectivity index (χ1n) is 8.97. The zero-order chi connectivity index (χ0) is 19.4. The highest BCUT2D eigenvalue weighted by atomic mass is 16.5. The van der Waals surface area contributed by atoms with Crippen LogP contribution < -0.4 is 15.1 Å². The van der Waals surface area contributed by atoms with E-state index in [9.17, 15) is 9.59 Å². The first-order valence-corrected chi connectivity index (χ1v) is 8.97. The van der Waals surface area contributed by atoms with Crippen LogP contribution in [0.3, 0.4) is 0 Å². The van der Waals surface area contributed by atoms with Gasteiger partial charge in [-0.2, -0.15) is 0 Å². The Morgan fingerprint density at radius 1 is 1.19 bits per heavy atom. The Kier molecular flexibility index (Phi) is 5.75. The molecule has 1 saturated heterocycles. The van der Waals surface area contributed by atoms with Crippen LogP contribution in [0.2, 0.25) is 0 Å². The van der Waals surface area contributed by atoms with E-state index in [0.29, 0.717) is 17.3 Å². The molecule has 0 bridgehead atoms. The second kappa shape index (κ2) is 8.22. The molecule has 0 radical (unpaired) electrons. The highest BCUT2D eigenvalue weighted by Gasteiger charge is 2.18. The molecular weight excluding hydrogens is 346 g/mol. The molecule has 1 aromatic heterocycles. The molecule has 1 aliphatic heterocycles. The number of anilines is 3. The van der Waals surface area contributed by atoms with Crippen LogP contribution in [0.1, 0.15) is 12.7 Å². The Morgan fingerprint density at radius 3 is 2.41 bits per heavy atom. The predicted octanol–water partition coefficient (Wildman–Crippen LogP) is 1.73. The van der Waals surface area contributed by atoms with Crippen molar-refractivity contribution >= 4 is 29.0 Å². The van der Waals surface area contributed by atoms with E-state index in [4.69, 9.17) is 4.52 Å². The van der Waals surface area contributed by atoms with Crippen molar-refractivity contribution < 1.29 is 14.1 Å². The zero-order valence-corrected chi connectivity index (χ0v) is 15.9. The average Bonchev–Trinajstić information content (AvgIpc) is 3.05. The summed E-state index contributed by atoms with van der Waals surface area (Å²) in [5.74, 6) is 0.412. The number of carbonyl (C=O) groups excluding carboxylic acids is 2. The van der Waals surface area contributed by atoms with Crippen molar-refractivity contribution in [2.45, 2.75) is 13.8 Å². The summed E-state index contributed by atoms with van der Waals surface area (Å²) >= 11 is 0. The van der Waals surface area contributed by atoms with Crippen molar-refractivity contribution in [2.24, 2.45) is 0 Å². The molecule has 1 aliphatic rings. The van der Waals surface area contributed by atoms with Gasteiger partial charge >= 0.3 is 0 Å². The number of hydrogen-bond donors (Lipinski definition) is 1. The third-order valence-corrected chi connectivity index (χ3v) is 4.61. The lowest BCUT2D eigenvalue weighted by molar-refractivity contribution is -0.120. The van der Waals surface area contributed by atoms with E-state index in [1.165, 1.54) is 11.8 Å². The summed E-state index contributed by atoms with van der Waals surface area (Å²) in [6, 6.07) is 9.37. The second-order valence-electron chi connectivity index (χ2n) is 6.78. The lowest BCUT2D eigenvalue weighted by atomic mass is 10.2. The molecular formula is C19H25N5O3. The molecule has 0 saturated carbocycles. The van der Waals surface area contributed by atoms with E-state index in [1.54, 1.807) is 13.0 Å². The number of nitrogens with zero attached hydrogens (tertiary/aromatic N) is 4. The third kappa shape index (κ3) is 4.85. The standard InChI is InChI=1S/C19H25N5O3/c1-14-12-18(21-27-14)20-19(26)13-24(15(2)25)17-6-4-16(5-7-17)23-10-8-22(3)9-11-23/h4-7,12H,8-11,13H2,1-3H3,(H,20,21,26). The van der Waals surface area contributed by atoms with Gasteiger partial charge in [0.05, 0.1) is 0 Å². The first kappa shape index (κ1) is 18.9. The smallest absolute Gasteiger partial charge is 0.245 e. The number of hydrogen-bond acceptors (Lipinski definition) is 6. The minimum Gasteiger partial charge on any atom is -0.369 e. The Bertz CT molecular complexity index is 794. The van der Waals surface area contributed by atoms with E-state index >= 15 is 0 Å². The van der Waals surface area contributed by atoms with Gasteiger partial charge in [0.15, 0.2) is 5.82 Å². The van der Waals surface area contributed by atoms with Crippen LogP contribution in [0.4, 0.5) is 17.2 Å². The van der Waals surface area contributed by atoms with Crippen molar-refractivity contribution in [1.29, 1.82) is 0 Å². The van der Waals surface area contributed by atoms with Crippen LogP contribution in [0.5, 0.6) is 0 Å². The number of likely N-dealkylation sites (N-methyl/N-ethyl adjacent to an activating group) is 1. The number of piperazine rings is 1. The average molecular weight is 371 g/mol. The van der Waals surface area contributed by atoms with Gasteiger partial charge in [-0.1, -0.05) is 5.16 Å². The number of carbonyl (C=O) groups is 2. The Balaban J connectivity index is 1.65. The number of benzene rings is 1. The molecule has 2 aromatic rings. The molecule has 0 unspecified atom stereocenters. The van der Waals surface area contributed by atoms with E-state index in [-0.39, 0.29) is 18.4 Å². The summed E-state index contributed by atoms with van der Waals surface area (Å²) in [5.41, 5.74) is 1.81. The molecule has 2 amide bonds. The zero-order valence-electron chi connectivity index (χ0n) is 15.9. The summed E-state index contributed by atoms with van der Waals surface area (Å²) in [4.78, 5) is 30.4. The van der Waals surface area contributed by atoms with Gasteiger partial charge in [-0.3, -0.25) is 9.59 Å². The van der Waals surface area contributed by atoms with Gasteiger partial charge in [0.2, 0.25) is 11.8 Å². The molecule has 0 aliphatic carbocycles. The molecule has 3 rings (SSSR count). The Labute approximate surface area is 158 Å². The van der Waals surface area contributed by atoms with Crippen LogP contribution in [0.25, 0.3) is 0 Å². The number of amides is 2. The third-order valence-electron chi connectivity index (χ3n) is 4.61. The van der Waals surface area contributed by atoms with Gasteiger partial charge in [0.25, 0.3) is 0 Å². The van der Waals surface area contributed by atoms with Crippen LogP contribution >= 0.6 is 0 Å². The fourth-order valence-corrected chi connectivity index (χ4v) is 3.04. The molecule has 8 nitrogen and oxygen atoms in total. The number of rotatable bonds is 5. The van der Waals surface area contributed by atoms with Crippen LogP contribution in [-0.2, 0) is 9.59 Å². The predicted molar refractivity (Wildman–Crippen MR) is 104 cm³/mol. The second-order valence-corrected chi connectivity index (χ2v) is 6.78. The van der Waals surface area contributed by atoms with Gasteiger partial charge in [-0.15, -0.1) is 0 Å². The number of nitrogens with one attached hydrogen (secondary N) is 1.